The average Bonchev–Trinajstić information content (AvgIpc) is 3.45. The summed E-state index contributed by atoms with van der Waals surface area (Å²) in [6.07, 6.45) is 1.62. The molecule has 1 heterocycles. The first-order valence-corrected chi connectivity index (χ1v) is 12.1. The third-order valence-corrected chi connectivity index (χ3v) is 7.86. The second kappa shape index (κ2) is 9.34. The van der Waals surface area contributed by atoms with E-state index in [0.717, 1.165) is 28.7 Å². The number of benzene rings is 2. The van der Waals surface area contributed by atoms with Crippen LogP contribution in [0.3, 0.4) is 0 Å². The summed E-state index contributed by atoms with van der Waals surface area (Å²) >= 11 is 0. The number of alkyl carbamates (subject to hydrolysis) is 1. The van der Waals surface area contributed by atoms with E-state index >= 15 is 0 Å². The molecule has 2 unspecified atom stereocenters. The number of carboxylic acids is 1. The lowest BCUT2D eigenvalue weighted by Crippen LogP contribution is -2.56. The highest BCUT2D eigenvalue weighted by Gasteiger charge is 2.49. The highest BCUT2D eigenvalue weighted by molar-refractivity contribution is 5.85. The van der Waals surface area contributed by atoms with Gasteiger partial charge in [-0.1, -0.05) is 55.0 Å². The Morgan fingerprint density at radius 3 is 2.26 bits per heavy atom. The predicted molar refractivity (Wildman–Crippen MR) is 128 cm³/mol. The first kappa shape index (κ1) is 23.4. The Morgan fingerprint density at radius 1 is 1.06 bits per heavy atom. The van der Waals surface area contributed by atoms with Crippen molar-refractivity contribution >= 4 is 18.0 Å². The van der Waals surface area contributed by atoms with Gasteiger partial charge in [0.1, 0.15) is 12.5 Å². The fourth-order valence-corrected chi connectivity index (χ4v) is 5.65. The lowest BCUT2D eigenvalue weighted by molar-refractivity contribution is -0.151. The minimum Gasteiger partial charge on any atom is -0.481 e. The molecule has 1 aliphatic heterocycles. The van der Waals surface area contributed by atoms with Gasteiger partial charge in [-0.05, 0) is 35.1 Å². The van der Waals surface area contributed by atoms with Gasteiger partial charge in [-0.3, -0.25) is 9.59 Å². The lowest BCUT2D eigenvalue weighted by Gasteiger charge is -2.44. The maximum Gasteiger partial charge on any atom is 0.407 e. The molecule has 2 aromatic carbocycles. The van der Waals surface area contributed by atoms with E-state index < -0.39 is 29.4 Å². The Bertz CT molecular complexity index is 1100. The fourth-order valence-electron chi connectivity index (χ4n) is 5.65. The van der Waals surface area contributed by atoms with Gasteiger partial charge in [0, 0.05) is 19.5 Å². The minimum atomic E-state index is -0.966. The molecule has 2 amide bonds. The molecule has 2 atom stereocenters. The van der Waals surface area contributed by atoms with E-state index in [1.807, 2.05) is 24.3 Å². The fraction of sp³-hybridized carbons (Fsp3) is 0.444. The molecule has 184 valence electrons. The smallest absolute Gasteiger partial charge is 0.407 e. The standard InChI is InChI=1S/C27H30N2O6/c1-29(23-15-34-13-22(23)24(30)31)25(32)27(11-6-12-27)16-28-26(33)35-14-21-19-9-4-2-7-17(19)18-8-3-5-10-20(18)21/h2-5,7-10,21-23H,6,11-16H2,1H3,(H,28,33)(H,30,31). The molecule has 35 heavy (non-hydrogen) atoms. The van der Waals surface area contributed by atoms with E-state index in [1.165, 1.54) is 4.90 Å². The summed E-state index contributed by atoms with van der Waals surface area (Å²) in [6.45, 7) is 0.677. The lowest BCUT2D eigenvalue weighted by atomic mass is 9.67. The average molecular weight is 479 g/mol. The summed E-state index contributed by atoms with van der Waals surface area (Å²) in [7, 11) is 1.63. The van der Waals surface area contributed by atoms with Crippen molar-refractivity contribution in [1.82, 2.24) is 10.2 Å². The second-order valence-electron chi connectivity index (χ2n) is 9.78. The number of hydrogen-bond acceptors (Lipinski definition) is 5. The summed E-state index contributed by atoms with van der Waals surface area (Å²) in [5.74, 6) is -1.89. The molecule has 1 saturated carbocycles. The van der Waals surface area contributed by atoms with Crippen molar-refractivity contribution in [3.63, 3.8) is 0 Å². The zero-order valence-corrected chi connectivity index (χ0v) is 19.7. The molecule has 8 nitrogen and oxygen atoms in total. The topological polar surface area (TPSA) is 105 Å². The summed E-state index contributed by atoms with van der Waals surface area (Å²) < 4.78 is 11.0. The molecule has 5 rings (SSSR count). The molecule has 0 aromatic heterocycles. The summed E-state index contributed by atoms with van der Waals surface area (Å²) in [4.78, 5) is 39.0. The number of likely N-dealkylation sites (N-methyl/N-ethyl adjacent to an activating group) is 1. The van der Waals surface area contributed by atoms with Gasteiger partial charge in [0.15, 0.2) is 0 Å². The number of carboxylic acid groups (broad SMARTS) is 1. The van der Waals surface area contributed by atoms with Crippen LogP contribution in [0.5, 0.6) is 0 Å². The van der Waals surface area contributed by atoms with Crippen LogP contribution in [-0.2, 0) is 19.1 Å². The van der Waals surface area contributed by atoms with Crippen LogP contribution in [0.1, 0.15) is 36.3 Å². The van der Waals surface area contributed by atoms with Crippen LogP contribution in [0.25, 0.3) is 11.1 Å². The van der Waals surface area contributed by atoms with E-state index in [9.17, 15) is 19.5 Å². The van der Waals surface area contributed by atoms with Gasteiger partial charge < -0.3 is 24.8 Å². The first-order chi connectivity index (χ1) is 16.9. The van der Waals surface area contributed by atoms with Crippen LogP contribution < -0.4 is 5.32 Å². The molecule has 0 spiro atoms. The molecule has 2 N–H and O–H groups in total. The molecule has 2 aromatic rings. The number of nitrogens with one attached hydrogen (secondary N) is 1. The molecular formula is C27H30N2O6. The highest BCUT2D eigenvalue weighted by atomic mass is 16.5. The molecule has 8 heteroatoms. The SMILES string of the molecule is CN(C(=O)C1(CNC(=O)OCC2c3ccccc3-c3ccccc32)CCC1)C1COCC1C(=O)O. The molecule has 2 aliphatic carbocycles. The molecule has 2 fully saturated rings. The largest absolute Gasteiger partial charge is 0.481 e. The third-order valence-electron chi connectivity index (χ3n) is 7.86. The van der Waals surface area contributed by atoms with Gasteiger partial charge in [0.05, 0.1) is 24.7 Å². The van der Waals surface area contributed by atoms with E-state index in [1.54, 1.807) is 7.05 Å². The van der Waals surface area contributed by atoms with Gasteiger partial charge in [-0.25, -0.2) is 4.79 Å². The van der Waals surface area contributed by atoms with Crippen molar-refractivity contribution in [2.24, 2.45) is 11.3 Å². The van der Waals surface area contributed by atoms with Gasteiger partial charge in [0.25, 0.3) is 0 Å². The van der Waals surface area contributed by atoms with Crippen LogP contribution in [0.2, 0.25) is 0 Å². The molecule has 1 saturated heterocycles. The maximum atomic E-state index is 13.3. The number of aliphatic carboxylic acids is 1. The maximum absolute atomic E-state index is 13.3. The minimum absolute atomic E-state index is 0.0334. The van der Waals surface area contributed by atoms with E-state index in [0.29, 0.717) is 12.8 Å². The Morgan fingerprint density at radius 2 is 1.69 bits per heavy atom. The Labute approximate surface area is 204 Å². The monoisotopic (exact) mass is 478 g/mol. The highest BCUT2D eigenvalue weighted by Crippen LogP contribution is 2.45. The number of hydrogen-bond donors (Lipinski definition) is 2. The van der Waals surface area contributed by atoms with E-state index in [-0.39, 0.29) is 38.2 Å². The van der Waals surface area contributed by atoms with Crippen molar-refractivity contribution < 1.29 is 29.0 Å². The van der Waals surface area contributed by atoms with Crippen LogP contribution in [0, 0.1) is 11.3 Å². The number of carbonyl (C=O) groups is 3. The Hall–Kier alpha value is -3.39. The van der Waals surface area contributed by atoms with Crippen molar-refractivity contribution in [3.05, 3.63) is 59.7 Å². The van der Waals surface area contributed by atoms with Gasteiger partial charge in [-0.2, -0.15) is 0 Å². The molecule has 0 radical (unpaired) electrons. The number of rotatable bonds is 7. The van der Waals surface area contributed by atoms with E-state index in [2.05, 4.69) is 29.6 Å². The number of ether oxygens (including phenoxy) is 2. The second-order valence-corrected chi connectivity index (χ2v) is 9.78. The van der Waals surface area contributed by atoms with Crippen molar-refractivity contribution in [3.8, 4) is 11.1 Å². The number of amides is 2. The van der Waals surface area contributed by atoms with E-state index in [4.69, 9.17) is 9.47 Å². The predicted octanol–water partition coefficient (Wildman–Crippen LogP) is 3.25. The van der Waals surface area contributed by atoms with Crippen LogP contribution in [0.15, 0.2) is 48.5 Å². The number of carbonyl (C=O) groups excluding carboxylic acids is 2. The summed E-state index contributed by atoms with van der Waals surface area (Å²) in [5, 5.41) is 12.2. The number of fused-ring (bicyclic) bond motifs is 3. The van der Waals surface area contributed by atoms with Crippen molar-refractivity contribution in [2.75, 3.05) is 33.4 Å². The quantitative estimate of drug-likeness (QED) is 0.633. The summed E-state index contributed by atoms with van der Waals surface area (Å²) in [6, 6.07) is 15.8. The Balaban J connectivity index is 1.20. The van der Waals surface area contributed by atoms with Crippen LogP contribution >= 0.6 is 0 Å². The zero-order chi connectivity index (χ0) is 24.6. The molecule has 3 aliphatic rings. The Kier molecular flexibility index (Phi) is 6.23. The molecular weight excluding hydrogens is 448 g/mol. The third kappa shape index (κ3) is 4.16. The summed E-state index contributed by atoms with van der Waals surface area (Å²) in [5.41, 5.74) is 3.87. The molecule has 0 bridgehead atoms. The van der Waals surface area contributed by atoms with Crippen LogP contribution in [-0.4, -0.2) is 67.4 Å². The van der Waals surface area contributed by atoms with Crippen molar-refractivity contribution in [1.29, 1.82) is 0 Å². The number of nitrogens with zero attached hydrogens (tertiary/aromatic N) is 1. The van der Waals surface area contributed by atoms with Gasteiger partial charge in [-0.15, -0.1) is 0 Å². The van der Waals surface area contributed by atoms with Gasteiger partial charge >= 0.3 is 12.1 Å². The first-order valence-electron chi connectivity index (χ1n) is 12.1. The van der Waals surface area contributed by atoms with Crippen molar-refractivity contribution in [2.45, 2.75) is 31.2 Å². The van der Waals surface area contributed by atoms with Gasteiger partial charge in [0.2, 0.25) is 5.91 Å². The zero-order valence-electron chi connectivity index (χ0n) is 19.7. The normalized spacial score (nSPS) is 22.0. The van der Waals surface area contributed by atoms with Crippen LogP contribution in [0.4, 0.5) is 4.79 Å².